The average Bonchev–Trinajstić information content (AvgIpc) is 3.49. The van der Waals surface area contributed by atoms with E-state index >= 15 is 0 Å². The highest BCUT2D eigenvalue weighted by Crippen LogP contribution is 2.38. The molecule has 1 spiro atoms. The summed E-state index contributed by atoms with van der Waals surface area (Å²) in [6, 6.07) is 14.1. The van der Waals surface area contributed by atoms with Crippen LogP contribution in [-0.2, 0) is 11.3 Å². The Morgan fingerprint density at radius 2 is 1.81 bits per heavy atom. The Labute approximate surface area is 205 Å². The van der Waals surface area contributed by atoms with Crippen LogP contribution >= 0.6 is 0 Å². The predicted molar refractivity (Wildman–Crippen MR) is 128 cm³/mol. The quantitative estimate of drug-likeness (QED) is 0.407. The fraction of sp³-hybridized carbons (Fsp3) is 0.269. The maximum absolute atomic E-state index is 14.0. The van der Waals surface area contributed by atoms with Gasteiger partial charge in [-0.1, -0.05) is 6.07 Å². The zero-order valence-corrected chi connectivity index (χ0v) is 19.3. The molecule has 2 fully saturated rings. The van der Waals surface area contributed by atoms with Gasteiger partial charge in [-0.15, -0.1) is 0 Å². The Hall–Kier alpha value is -4.05. The molecular formula is C26H23F2N5O3. The van der Waals surface area contributed by atoms with Crippen LogP contribution in [0.1, 0.15) is 18.4 Å². The van der Waals surface area contributed by atoms with Crippen molar-refractivity contribution in [3.05, 3.63) is 94.8 Å². The van der Waals surface area contributed by atoms with Gasteiger partial charge in [0, 0.05) is 24.4 Å². The fourth-order valence-electron chi connectivity index (χ4n) is 4.72. The van der Waals surface area contributed by atoms with Gasteiger partial charge in [0.2, 0.25) is 0 Å². The number of rotatable bonds is 6. The highest BCUT2D eigenvalue weighted by atomic mass is 19.1. The van der Waals surface area contributed by atoms with E-state index in [1.807, 2.05) is 6.07 Å². The van der Waals surface area contributed by atoms with Gasteiger partial charge < -0.3 is 14.4 Å². The molecule has 0 aliphatic carbocycles. The summed E-state index contributed by atoms with van der Waals surface area (Å²) >= 11 is 0. The third-order valence-electron chi connectivity index (χ3n) is 6.62. The van der Waals surface area contributed by atoms with E-state index in [0.717, 1.165) is 59.7 Å². The number of ether oxygens (including phenoxy) is 2. The molecule has 2 aromatic heterocycles. The monoisotopic (exact) mass is 491 g/mol. The van der Waals surface area contributed by atoms with E-state index in [-0.39, 0.29) is 17.7 Å². The molecule has 2 aliphatic rings. The molecule has 0 N–H and O–H groups in total. The van der Waals surface area contributed by atoms with Gasteiger partial charge in [0.05, 0.1) is 25.3 Å². The molecule has 184 valence electrons. The standard InChI is InChI=1S/C26H23F2N5O3/c27-22-3-1-4-23(28)21(22)14-31-17-30-33(25(31)34)18-5-7-19(8-6-18)36-20-9-11-29-24(13-20)32-15-26(16-32)10-2-12-35-26/h1,3-9,11,13,17H,2,10,12,14-16H2. The van der Waals surface area contributed by atoms with Gasteiger partial charge in [-0.05, 0) is 55.3 Å². The minimum atomic E-state index is -0.712. The molecule has 0 radical (unpaired) electrons. The highest BCUT2D eigenvalue weighted by Gasteiger charge is 2.46. The number of anilines is 1. The van der Waals surface area contributed by atoms with Crippen LogP contribution in [0.3, 0.4) is 0 Å². The largest absolute Gasteiger partial charge is 0.457 e. The SMILES string of the molecule is O=c1n(Cc2c(F)cccc2F)cnn1-c1ccc(Oc2ccnc(N3CC4(CCCO4)C3)c2)cc1. The van der Waals surface area contributed by atoms with E-state index in [9.17, 15) is 13.6 Å². The molecule has 0 amide bonds. The molecule has 2 aromatic carbocycles. The summed E-state index contributed by atoms with van der Waals surface area (Å²) in [6.07, 6.45) is 5.17. The summed E-state index contributed by atoms with van der Waals surface area (Å²) in [5, 5.41) is 4.09. The second-order valence-corrected chi connectivity index (χ2v) is 9.09. The van der Waals surface area contributed by atoms with Crippen molar-refractivity contribution in [2.75, 3.05) is 24.6 Å². The molecule has 36 heavy (non-hydrogen) atoms. The van der Waals surface area contributed by atoms with Crippen molar-refractivity contribution in [1.82, 2.24) is 19.3 Å². The molecule has 0 atom stereocenters. The van der Waals surface area contributed by atoms with Crippen molar-refractivity contribution in [1.29, 1.82) is 0 Å². The summed E-state index contributed by atoms with van der Waals surface area (Å²) in [5.41, 5.74) is -0.214. The summed E-state index contributed by atoms with van der Waals surface area (Å²) in [6.45, 7) is 2.25. The molecule has 0 saturated carbocycles. The summed E-state index contributed by atoms with van der Waals surface area (Å²) in [5.74, 6) is 0.644. The number of hydrogen-bond acceptors (Lipinski definition) is 6. The van der Waals surface area contributed by atoms with Crippen LogP contribution in [0.4, 0.5) is 14.6 Å². The molecular weight excluding hydrogens is 468 g/mol. The number of hydrogen-bond donors (Lipinski definition) is 0. The van der Waals surface area contributed by atoms with Crippen molar-refractivity contribution in [3.63, 3.8) is 0 Å². The first kappa shape index (κ1) is 22.4. The summed E-state index contributed by atoms with van der Waals surface area (Å²) < 4.78 is 42.1. The smallest absolute Gasteiger partial charge is 0.350 e. The Balaban J connectivity index is 1.14. The van der Waals surface area contributed by atoms with Crippen LogP contribution in [0.15, 0.2) is 71.9 Å². The Bertz CT molecular complexity index is 1430. The zero-order chi connectivity index (χ0) is 24.7. The zero-order valence-electron chi connectivity index (χ0n) is 19.3. The number of pyridine rings is 1. The van der Waals surface area contributed by atoms with E-state index in [1.165, 1.54) is 12.4 Å². The Morgan fingerprint density at radius 3 is 2.53 bits per heavy atom. The highest BCUT2D eigenvalue weighted by molar-refractivity contribution is 5.49. The molecule has 0 bridgehead atoms. The number of aromatic nitrogens is 4. The first-order chi connectivity index (χ1) is 17.5. The molecule has 8 nitrogen and oxygen atoms in total. The molecule has 4 aromatic rings. The van der Waals surface area contributed by atoms with Crippen molar-refractivity contribution >= 4 is 5.82 Å². The van der Waals surface area contributed by atoms with Gasteiger partial charge in [-0.25, -0.2) is 18.6 Å². The Morgan fingerprint density at radius 1 is 1.03 bits per heavy atom. The van der Waals surface area contributed by atoms with Crippen LogP contribution in [0, 0.1) is 11.6 Å². The van der Waals surface area contributed by atoms with Crippen LogP contribution in [0.2, 0.25) is 0 Å². The number of benzene rings is 2. The van der Waals surface area contributed by atoms with E-state index in [2.05, 4.69) is 15.0 Å². The number of halogens is 2. The van der Waals surface area contributed by atoms with Crippen molar-refractivity contribution in [3.8, 4) is 17.2 Å². The lowest BCUT2D eigenvalue weighted by Gasteiger charge is -2.47. The van der Waals surface area contributed by atoms with Gasteiger partial charge in [0.25, 0.3) is 0 Å². The molecule has 6 rings (SSSR count). The van der Waals surface area contributed by atoms with Crippen molar-refractivity contribution in [2.24, 2.45) is 0 Å². The first-order valence-electron chi connectivity index (χ1n) is 11.7. The minimum Gasteiger partial charge on any atom is -0.457 e. The summed E-state index contributed by atoms with van der Waals surface area (Å²) in [4.78, 5) is 19.4. The van der Waals surface area contributed by atoms with Gasteiger partial charge in [-0.2, -0.15) is 9.78 Å². The van der Waals surface area contributed by atoms with Gasteiger partial charge in [-0.3, -0.25) is 4.57 Å². The normalized spacial score (nSPS) is 16.3. The average molecular weight is 491 g/mol. The van der Waals surface area contributed by atoms with Crippen LogP contribution < -0.4 is 15.3 Å². The first-order valence-corrected chi connectivity index (χ1v) is 11.7. The van der Waals surface area contributed by atoms with E-state index < -0.39 is 17.3 Å². The lowest BCUT2D eigenvalue weighted by atomic mass is 9.91. The lowest BCUT2D eigenvalue weighted by Crippen LogP contribution is -2.61. The second-order valence-electron chi connectivity index (χ2n) is 9.09. The van der Waals surface area contributed by atoms with Crippen LogP contribution in [0.25, 0.3) is 5.69 Å². The Kier molecular flexibility index (Phi) is 5.52. The molecule has 10 heteroatoms. The van der Waals surface area contributed by atoms with Crippen LogP contribution in [-0.4, -0.2) is 44.6 Å². The fourth-order valence-corrected chi connectivity index (χ4v) is 4.72. The van der Waals surface area contributed by atoms with E-state index in [1.54, 1.807) is 36.5 Å². The third kappa shape index (κ3) is 4.13. The third-order valence-corrected chi connectivity index (χ3v) is 6.62. The maximum atomic E-state index is 14.0. The van der Waals surface area contributed by atoms with Crippen molar-refractivity contribution < 1.29 is 18.3 Å². The van der Waals surface area contributed by atoms with Gasteiger partial charge in [0.15, 0.2) is 0 Å². The topological polar surface area (TPSA) is 74.4 Å². The molecule has 4 heterocycles. The van der Waals surface area contributed by atoms with Gasteiger partial charge in [0.1, 0.15) is 40.9 Å². The van der Waals surface area contributed by atoms with Gasteiger partial charge >= 0.3 is 5.69 Å². The summed E-state index contributed by atoms with van der Waals surface area (Å²) in [7, 11) is 0. The van der Waals surface area contributed by atoms with E-state index in [0.29, 0.717) is 17.2 Å². The second kappa shape index (κ2) is 8.87. The molecule has 2 saturated heterocycles. The minimum absolute atomic E-state index is 0.0110. The van der Waals surface area contributed by atoms with Crippen molar-refractivity contribution in [2.45, 2.75) is 25.0 Å². The maximum Gasteiger partial charge on any atom is 0.350 e. The van der Waals surface area contributed by atoms with Crippen LogP contribution in [0.5, 0.6) is 11.5 Å². The number of nitrogens with zero attached hydrogens (tertiary/aromatic N) is 5. The lowest BCUT2D eigenvalue weighted by molar-refractivity contribution is -0.0184. The molecule has 0 unspecified atom stereocenters. The predicted octanol–water partition coefficient (Wildman–Crippen LogP) is 3.92. The molecule has 2 aliphatic heterocycles. The van der Waals surface area contributed by atoms with E-state index in [4.69, 9.17) is 9.47 Å².